The van der Waals surface area contributed by atoms with Gasteiger partial charge in [0.1, 0.15) is 9.84 Å². The largest absolute Gasteiger partial charge is 0.310 e. The first-order valence-corrected chi connectivity index (χ1v) is 9.65. The van der Waals surface area contributed by atoms with Gasteiger partial charge >= 0.3 is 0 Å². The van der Waals surface area contributed by atoms with E-state index in [1.54, 1.807) is 0 Å². The molecule has 0 amide bonds. The Morgan fingerprint density at radius 3 is 2.63 bits per heavy atom. The Morgan fingerprint density at radius 1 is 1.37 bits per heavy atom. The number of hydrogen-bond acceptors (Lipinski definition) is 3. The molecule has 0 spiro atoms. The van der Waals surface area contributed by atoms with Crippen LogP contribution in [0.4, 0.5) is 0 Å². The third-order valence-electron chi connectivity index (χ3n) is 3.06. The Hall–Kier alpha value is -0.140. The Labute approximate surface area is 130 Å². The molecule has 1 unspecified atom stereocenters. The maximum Gasteiger partial charge on any atom is 0.147 e. The van der Waals surface area contributed by atoms with Crippen LogP contribution in [-0.2, 0) is 9.84 Å². The number of hydrogen-bond donors (Lipinski definition) is 1. The van der Waals surface area contributed by atoms with Gasteiger partial charge in [0, 0.05) is 21.6 Å². The van der Waals surface area contributed by atoms with Gasteiger partial charge in [0.25, 0.3) is 0 Å². The Bertz CT molecular complexity index is 514. The van der Waals surface area contributed by atoms with Gasteiger partial charge in [-0.1, -0.05) is 25.1 Å². The molecule has 5 heteroatoms. The number of halogens is 1. The summed E-state index contributed by atoms with van der Waals surface area (Å²) in [6.07, 6.45) is 2.84. The van der Waals surface area contributed by atoms with Crippen LogP contribution in [0.3, 0.4) is 0 Å². The Morgan fingerprint density at radius 2 is 2.05 bits per heavy atom. The van der Waals surface area contributed by atoms with Crippen LogP contribution in [-0.4, -0.2) is 27.0 Å². The summed E-state index contributed by atoms with van der Waals surface area (Å²) in [5.74, 6) is 0.261. The van der Waals surface area contributed by atoms with Crippen LogP contribution >= 0.6 is 22.6 Å². The van der Waals surface area contributed by atoms with Crippen molar-refractivity contribution in [2.45, 2.75) is 32.7 Å². The van der Waals surface area contributed by atoms with Crippen molar-refractivity contribution in [2.75, 3.05) is 18.6 Å². The average Bonchev–Trinajstić information content (AvgIpc) is 2.30. The van der Waals surface area contributed by atoms with Crippen LogP contribution in [0.25, 0.3) is 0 Å². The summed E-state index contributed by atoms with van der Waals surface area (Å²) in [6, 6.07) is 6.53. The Balaban J connectivity index is 2.79. The van der Waals surface area contributed by atoms with Gasteiger partial charge < -0.3 is 5.32 Å². The summed E-state index contributed by atoms with van der Waals surface area (Å²) in [6.45, 7) is 5.06. The lowest BCUT2D eigenvalue weighted by Gasteiger charge is -2.20. The zero-order valence-corrected chi connectivity index (χ0v) is 14.7. The van der Waals surface area contributed by atoms with Crippen molar-refractivity contribution in [2.24, 2.45) is 0 Å². The molecule has 0 aliphatic carbocycles. The zero-order valence-electron chi connectivity index (χ0n) is 11.7. The first-order valence-electron chi connectivity index (χ1n) is 6.51. The summed E-state index contributed by atoms with van der Waals surface area (Å²) < 4.78 is 23.7. The highest BCUT2D eigenvalue weighted by atomic mass is 127. The first-order chi connectivity index (χ1) is 8.85. The molecule has 108 valence electrons. The quantitative estimate of drug-likeness (QED) is 0.722. The lowest BCUT2D eigenvalue weighted by atomic mass is 10.0. The molecular weight excluding hydrogens is 373 g/mol. The summed E-state index contributed by atoms with van der Waals surface area (Å²) in [7, 11) is -2.86. The van der Waals surface area contributed by atoms with E-state index in [1.165, 1.54) is 21.0 Å². The molecule has 1 aromatic carbocycles. The van der Waals surface area contributed by atoms with Gasteiger partial charge in [0.15, 0.2) is 0 Å². The van der Waals surface area contributed by atoms with Crippen molar-refractivity contribution in [3.05, 3.63) is 32.9 Å². The van der Waals surface area contributed by atoms with Gasteiger partial charge in [-0.25, -0.2) is 8.42 Å². The molecule has 1 aromatic rings. The number of sulfone groups is 1. The van der Waals surface area contributed by atoms with E-state index in [4.69, 9.17) is 0 Å². The van der Waals surface area contributed by atoms with Gasteiger partial charge in [-0.15, -0.1) is 0 Å². The minimum Gasteiger partial charge on any atom is -0.310 e. The maximum atomic E-state index is 11.2. The zero-order chi connectivity index (χ0) is 14.5. The summed E-state index contributed by atoms with van der Waals surface area (Å²) >= 11 is 2.37. The molecule has 0 saturated carbocycles. The van der Waals surface area contributed by atoms with Gasteiger partial charge in [-0.2, -0.15) is 0 Å². The van der Waals surface area contributed by atoms with Crippen molar-refractivity contribution in [1.29, 1.82) is 0 Å². The fourth-order valence-corrected chi connectivity index (χ4v) is 3.53. The van der Waals surface area contributed by atoms with E-state index in [2.05, 4.69) is 60.0 Å². The van der Waals surface area contributed by atoms with E-state index in [9.17, 15) is 8.42 Å². The number of rotatable bonds is 7. The maximum absolute atomic E-state index is 11.2. The van der Waals surface area contributed by atoms with Crippen LogP contribution in [0.5, 0.6) is 0 Å². The molecule has 3 nitrogen and oxygen atoms in total. The van der Waals surface area contributed by atoms with E-state index < -0.39 is 9.84 Å². The molecule has 1 atom stereocenters. The molecule has 1 N–H and O–H groups in total. The van der Waals surface area contributed by atoms with Gasteiger partial charge in [-0.05, 0) is 60.0 Å². The predicted molar refractivity (Wildman–Crippen MR) is 89.3 cm³/mol. The highest BCUT2D eigenvalue weighted by Crippen LogP contribution is 2.26. The minimum absolute atomic E-state index is 0.235. The van der Waals surface area contributed by atoms with Crippen molar-refractivity contribution < 1.29 is 8.42 Å². The molecular formula is C14H22INO2S. The summed E-state index contributed by atoms with van der Waals surface area (Å²) in [5.41, 5.74) is 2.54. The van der Waals surface area contributed by atoms with E-state index in [-0.39, 0.29) is 11.8 Å². The Kier molecular flexibility index (Phi) is 6.76. The van der Waals surface area contributed by atoms with Gasteiger partial charge in [0.2, 0.25) is 0 Å². The van der Waals surface area contributed by atoms with E-state index in [1.807, 2.05) is 0 Å². The van der Waals surface area contributed by atoms with E-state index >= 15 is 0 Å². The molecule has 0 heterocycles. The molecule has 0 aliphatic heterocycles. The van der Waals surface area contributed by atoms with Crippen LogP contribution in [0.1, 0.15) is 36.9 Å². The molecule has 0 aliphatic rings. The normalized spacial score (nSPS) is 13.5. The van der Waals surface area contributed by atoms with Crippen molar-refractivity contribution in [3.63, 3.8) is 0 Å². The molecule has 0 aromatic heterocycles. The number of benzene rings is 1. The minimum atomic E-state index is -2.86. The number of nitrogens with one attached hydrogen (secondary N) is 1. The monoisotopic (exact) mass is 395 g/mol. The van der Waals surface area contributed by atoms with Crippen molar-refractivity contribution >= 4 is 32.4 Å². The molecule has 0 radical (unpaired) electrons. The molecule has 19 heavy (non-hydrogen) atoms. The molecule has 0 bridgehead atoms. The fourth-order valence-electron chi connectivity index (χ4n) is 2.10. The van der Waals surface area contributed by atoms with Gasteiger partial charge in [0.05, 0.1) is 0 Å². The van der Waals surface area contributed by atoms with Crippen LogP contribution < -0.4 is 5.32 Å². The third-order valence-corrected chi connectivity index (χ3v) is 5.56. The summed E-state index contributed by atoms with van der Waals surface area (Å²) in [4.78, 5) is 0. The SMILES string of the molecule is CCNC(CCCS(C)(=O)=O)c1cccc(C)c1I. The second-order valence-corrected chi connectivity index (χ2v) is 8.20. The van der Waals surface area contributed by atoms with E-state index in [0.717, 1.165) is 13.0 Å². The molecule has 0 fully saturated rings. The average molecular weight is 395 g/mol. The third kappa shape index (κ3) is 5.79. The smallest absolute Gasteiger partial charge is 0.147 e. The molecule has 0 saturated heterocycles. The van der Waals surface area contributed by atoms with Crippen LogP contribution in [0, 0.1) is 10.5 Å². The second-order valence-electron chi connectivity index (χ2n) is 4.86. The lowest BCUT2D eigenvalue weighted by molar-refractivity contribution is 0.505. The number of aryl methyl sites for hydroxylation is 1. The second kappa shape index (κ2) is 7.59. The van der Waals surface area contributed by atoms with Gasteiger partial charge in [-0.3, -0.25) is 0 Å². The summed E-state index contributed by atoms with van der Waals surface area (Å²) in [5, 5.41) is 3.45. The van der Waals surface area contributed by atoms with Crippen molar-refractivity contribution in [1.82, 2.24) is 5.32 Å². The standard InChI is InChI=1S/C14H22INO2S/c1-4-16-13(9-6-10-19(3,17)18)12-8-5-7-11(2)14(12)15/h5,7-8,13,16H,4,6,9-10H2,1-3H3. The highest BCUT2D eigenvalue weighted by Gasteiger charge is 2.15. The fraction of sp³-hybridized carbons (Fsp3) is 0.571. The first kappa shape index (κ1) is 16.9. The molecule has 1 rings (SSSR count). The topological polar surface area (TPSA) is 46.2 Å². The van der Waals surface area contributed by atoms with Crippen LogP contribution in [0.2, 0.25) is 0 Å². The highest BCUT2D eigenvalue weighted by molar-refractivity contribution is 14.1. The van der Waals surface area contributed by atoms with E-state index in [0.29, 0.717) is 6.42 Å². The lowest BCUT2D eigenvalue weighted by Crippen LogP contribution is -2.22. The predicted octanol–water partition coefficient (Wildman–Crippen LogP) is 3.08. The van der Waals surface area contributed by atoms with Crippen LogP contribution in [0.15, 0.2) is 18.2 Å². The van der Waals surface area contributed by atoms with Crippen molar-refractivity contribution in [3.8, 4) is 0 Å².